The summed E-state index contributed by atoms with van der Waals surface area (Å²) in [7, 11) is 1.56. The normalized spacial score (nSPS) is 11.3. The first-order chi connectivity index (χ1) is 8.56. The van der Waals surface area contributed by atoms with Crippen LogP contribution in [0.4, 0.5) is 8.78 Å². The van der Waals surface area contributed by atoms with Gasteiger partial charge < -0.3 is 9.84 Å². The molecular weight excluding hydrogens is 308 g/mol. The van der Waals surface area contributed by atoms with Crippen LogP contribution in [0.1, 0.15) is 5.56 Å². The number of alkyl halides is 2. The van der Waals surface area contributed by atoms with Crippen molar-refractivity contribution >= 4 is 15.9 Å². The van der Waals surface area contributed by atoms with Crippen LogP contribution in [0.5, 0.6) is 5.75 Å². The van der Waals surface area contributed by atoms with Crippen LogP contribution in [0, 0.1) is 0 Å². The van der Waals surface area contributed by atoms with Gasteiger partial charge in [0.25, 0.3) is 6.43 Å². The molecule has 0 radical (unpaired) electrons. The van der Waals surface area contributed by atoms with Crippen LogP contribution in [0.2, 0.25) is 0 Å². The fraction of sp³-hybridized carbons (Fsp3) is 0.500. The molecule has 0 aliphatic rings. The van der Waals surface area contributed by atoms with E-state index in [4.69, 9.17) is 9.84 Å². The molecule has 0 saturated heterocycles. The molecule has 1 N–H and O–H groups in total. The van der Waals surface area contributed by atoms with Crippen molar-refractivity contribution in [2.75, 3.05) is 26.8 Å². The lowest BCUT2D eigenvalue weighted by Crippen LogP contribution is -2.31. The predicted octanol–water partition coefficient (Wildman–Crippen LogP) is 2.52. The van der Waals surface area contributed by atoms with Gasteiger partial charge in [-0.05, 0) is 33.6 Å². The van der Waals surface area contributed by atoms with Gasteiger partial charge in [-0.2, -0.15) is 0 Å². The van der Waals surface area contributed by atoms with Gasteiger partial charge in [0.15, 0.2) is 0 Å². The molecule has 1 aromatic carbocycles. The number of aliphatic hydroxyl groups excluding tert-OH is 1. The molecule has 0 heterocycles. The van der Waals surface area contributed by atoms with Crippen LogP contribution in [-0.4, -0.2) is 43.2 Å². The molecule has 0 spiro atoms. The molecule has 1 aromatic rings. The highest BCUT2D eigenvalue weighted by Gasteiger charge is 2.12. The molecular formula is C12H16BrF2NO2. The van der Waals surface area contributed by atoms with Crippen LogP contribution >= 0.6 is 15.9 Å². The Balaban J connectivity index is 2.71. The summed E-state index contributed by atoms with van der Waals surface area (Å²) in [5.41, 5.74) is 0.886. The lowest BCUT2D eigenvalue weighted by atomic mass is 10.2. The molecule has 3 nitrogen and oxygen atoms in total. The molecule has 0 aromatic heterocycles. The summed E-state index contributed by atoms with van der Waals surface area (Å²) in [6, 6.07) is 5.42. The molecule has 0 amide bonds. The third-order valence-corrected chi connectivity index (χ3v) is 3.05. The van der Waals surface area contributed by atoms with E-state index < -0.39 is 6.43 Å². The molecule has 1 rings (SSSR count). The molecule has 0 bridgehead atoms. The second-order valence-electron chi connectivity index (χ2n) is 3.82. The summed E-state index contributed by atoms with van der Waals surface area (Å²) < 4.78 is 30.6. The molecule has 0 saturated carbocycles. The van der Waals surface area contributed by atoms with Crippen molar-refractivity contribution in [3.63, 3.8) is 0 Å². The van der Waals surface area contributed by atoms with E-state index in [0.29, 0.717) is 12.3 Å². The van der Waals surface area contributed by atoms with Gasteiger partial charge in [-0.25, -0.2) is 8.78 Å². The molecule has 6 heteroatoms. The zero-order chi connectivity index (χ0) is 13.5. The van der Waals surface area contributed by atoms with Gasteiger partial charge in [-0.15, -0.1) is 0 Å². The number of benzene rings is 1. The van der Waals surface area contributed by atoms with Crippen LogP contribution in [0.25, 0.3) is 0 Å². The summed E-state index contributed by atoms with van der Waals surface area (Å²) in [6.45, 7) is 0.121. The second-order valence-corrected chi connectivity index (χ2v) is 4.67. The average Bonchev–Trinajstić information content (AvgIpc) is 2.28. The van der Waals surface area contributed by atoms with E-state index in [9.17, 15) is 8.78 Å². The van der Waals surface area contributed by atoms with Gasteiger partial charge >= 0.3 is 0 Å². The van der Waals surface area contributed by atoms with Gasteiger partial charge in [0.1, 0.15) is 5.75 Å². The Morgan fingerprint density at radius 1 is 1.44 bits per heavy atom. The molecule has 102 valence electrons. The molecule has 18 heavy (non-hydrogen) atoms. The minimum absolute atomic E-state index is 0.135. The summed E-state index contributed by atoms with van der Waals surface area (Å²) in [6.07, 6.45) is -2.40. The Morgan fingerprint density at radius 2 is 2.17 bits per heavy atom. The minimum atomic E-state index is -2.40. The number of nitrogens with zero attached hydrogens (tertiary/aromatic N) is 1. The van der Waals surface area contributed by atoms with Gasteiger partial charge in [-0.3, -0.25) is 4.90 Å². The van der Waals surface area contributed by atoms with Crippen LogP contribution in [0.15, 0.2) is 22.7 Å². The average molecular weight is 324 g/mol. The van der Waals surface area contributed by atoms with Gasteiger partial charge in [0.05, 0.1) is 24.7 Å². The summed E-state index contributed by atoms with van der Waals surface area (Å²) >= 11 is 3.35. The van der Waals surface area contributed by atoms with E-state index in [0.717, 1.165) is 10.0 Å². The smallest absolute Gasteiger partial charge is 0.251 e. The van der Waals surface area contributed by atoms with Crippen LogP contribution in [-0.2, 0) is 6.54 Å². The van der Waals surface area contributed by atoms with Crippen molar-refractivity contribution in [2.45, 2.75) is 13.0 Å². The fourth-order valence-corrected chi connectivity index (χ4v) is 2.23. The van der Waals surface area contributed by atoms with Crippen molar-refractivity contribution in [1.82, 2.24) is 4.90 Å². The predicted molar refractivity (Wildman–Crippen MR) is 69.1 cm³/mol. The van der Waals surface area contributed by atoms with Crippen molar-refractivity contribution in [2.24, 2.45) is 0 Å². The molecule has 0 aliphatic heterocycles. The van der Waals surface area contributed by atoms with E-state index in [-0.39, 0.29) is 19.7 Å². The first-order valence-electron chi connectivity index (χ1n) is 5.50. The van der Waals surface area contributed by atoms with E-state index in [1.165, 1.54) is 4.90 Å². The lowest BCUT2D eigenvalue weighted by molar-refractivity contribution is 0.0746. The highest BCUT2D eigenvalue weighted by atomic mass is 79.9. The maximum Gasteiger partial charge on any atom is 0.251 e. The summed E-state index contributed by atoms with van der Waals surface area (Å²) in [5.74, 6) is 0.696. The first-order valence-corrected chi connectivity index (χ1v) is 6.30. The van der Waals surface area contributed by atoms with E-state index >= 15 is 0 Å². The van der Waals surface area contributed by atoms with Crippen molar-refractivity contribution in [1.29, 1.82) is 0 Å². The number of hydrogen-bond donors (Lipinski definition) is 1. The number of aliphatic hydroxyl groups is 1. The number of methoxy groups -OCH3 is 1. The number of ether oxygens (including phenoxy) is 1. The zero-order valence-electron chi connectivity index (χ0n) is 10.1. The second kappa shape index (κ2) is 7.66. The maximum absolute atomic E-state index is 12.4. The Morgan fingerprint density at radius 3 is 2.67 bits per heavy atom. The first kappa shape index (κ1) is 15.3. The molecule has 0 fully saturated rings. The third kappa shape index (κ3) is 4.88. The van der Waals surface area contributed by atoms with Crippen LogP contribution < -0.4 is 4.74 Å². The van der Waals surface area contributed by atoms with Gasteiger partial charge in [-0.1, -0.05) is 6.07 Å². The Bertz CT molecular complexity index is 377. The van der Waals surface area contributed by atoms with Gasteiger partial charge in [0, 0.05) is 13.1 Å². The van der Waals surface area contributed by atoms with Crippen molar-refractivity contribution < 1.29 is 18.6 Å². The van der Waals surface area contributed by atoms with Gasteiger partial charge in [0.2, 0.25) is 0 Å². The largest absolute Gasteiger partial charge is 0.496 e. The zero-order valence-corrected chi connectivity index (χ0v) is 11.7. The standard InChI is InChI=1S/C12H16BrF2NO2/c1-18-11-3-2-9(6-10(11)13)7-16(4-5-17)8-12(14)15/h2-3,6,12,17H,4-5,7-8H2,1H3. The van der Waals surface area contributed by atoms with Crippen molar-refractivity contribution in [3.8, 4) is 5.75 Å². The Hall–Kier alpha value is -0.720. The topological polar surface area (TPSA) is 32.7 Å². The van der Waals surface area contributed by atoms with E-state index in [1.807, 2.05) is 12.1 Å². The Kier molecular flexibility index (Phi) is 6.52. The molecule has 0 aliphatic carbocycles. The number of halogens is 3. The molecule has 0 atom stereocenters. The van der Waals surface area contributed by atoms with Crippen LogP contribution in [0.3, 0.4) is 0 Å². The number of hydrogen-bond acceptors (Lipinski definition) is 3. The third-order valence-electron chi connectivity index (χ3n) is 2.43. The SMILES string of the molecule is COc1ccc(CN(CCO)CC(F)F)cc1Br. The quantitative estimate of drug-likeness (QED) is 0.837. The minimum Gasteiger partial charge on any atom is -0.496 e. The maximum atomic E-state index is 12.4. The molecule has 0 unspecified atom stereocenters. The highest BCUT2D eigenvalue weighted by molar-refractivity contribution is 9.10. The highest BCUT2D eigenvalue weighted by Crippen LogP contribution is 2.26. The summed E-state index contributed by atoms with van der Waals surface area (Å²) in [4.78, 5) is 1.51. The Labute approximate surface area is 113 Å². The van der Waals surface area contributed by atoms with E-state index in [1.54, 1.807) is 13.2 Å². The fourth-order valence-electron chi connectivity index (χ4n) is 1.64. The van der Waals surface area contributed by atoms with E-state index in [2.05, 4.69) is 15.9 Å². The lowest BCUT2D eigenvalue weighted by Gasteiger charge is -2.21. The van der Waals surface area contributed by atoms with Crippen molar-refractivity contribution in [3.05, 3.63) is 28.2 Å². The number of rotatable bonds is 7. The summed E-state index contributed by atoms with van der Waals surface area (Å²) in [5, 5.41) is 8.85. The monoisotopic (exact) mass is 323 g/mol.